The molecule has 2 N–H and O–H groups in total. The maximum Gasteiger partial charge on any atom is 0.243 e. The maximum absolute atomic E-state index is 5.86. The monoisotopic (exact) mass is 371 g/mol. The molecular weight excluding hydrogens is 361 g/mol. The maximum atomic E-state index is 5.86. The highest BCUT2D eigenvalue weighted by molar-refractivity contribution is 14.1. The second-order valence-electron chi connectivity index (χ2n) is 3.66. The highest BCUT2D eigenvalue weighted by Gasteiger charge is 2.14. The van der Waals surface area contributed by atoms with E-state index in [0.717, 1.165) is 20.0 Å². The van der Waals surface area contributed by atoms with E-state index in [9.17, 15) is 0 Å². The topological polar surface area (TPSA) is 52.5 Å². The van der Waals surface area contributed by atoms with Crippen LogP contribution in [-0.2, 0) is 6.54 Å². The summed E-state index contributed by atoms with van der Waals surface area (Å²) in [6.07, 6.45) is 1.96. The number of imidazole rings is 1. The standard InChI is InChI=1S/C12H10IN3OS/c13-8-3-1-2-4-10(8)17-11-9(7-14)16-5-6-18-12(16)15-11/h1-6H,7,14H2. The molecule has 2 aromatic heterocycles. The molecule has 0 radical (unpaired) electrons. The molecule has 0 unspecified atom stereocenters. The summed E-state index contributed by atoms with van der Waals surface area (Å²) < 4.78 is 8.88. The van der Waals surface area contributed by atoms with Crippen molar-refractivity contribution in [2.24, 2.45) is 5.73 Å². The zero-order chi connectivity index (χ0) is 12.5. The lowest BCUT2D eigenvalue weighted by Gasteiger charge is -2.06. The summed E-state index contributed by atoms with van der Waals surface area (Å²) in [6.45, 7) is 0.399. The average Bonchev–Trinajstić information content (AvgIpc) is 2.92. The summed E-state index contributed by atoms with van der Waals surface area (Å²) in [6, 6.07) is 7.84. The third-order valence-corrected chi connectivity index (χ3v) is 4.21. The van der Waals surface area contributed by atoms with E-state index in [-0.39, 0.29) is 0 Å². The van der Waals surface area contributed by atoms with Crippen LogP contribution in [0.5, 0.6) is 11.6 Å². The predicted molar refractivity (Wildman–Crippen MR) is 80.2 cm³/mol. The van der Waals surface area contributed by atoms with Crippen LogP contribution in [0.3, 0.4) is 0 Å². The molecule has 0 saturated carbocycles. The Bertz CT molecular complexity index is 692. The van der Waals surface area contributed by atoms with E-state index in [1.807, 2.05) is 40.2 Å². The van der Waals surface area contributed by atoms with E-state index >= 15 is 0 Å². The van der Waals surface area contributed by atoms with Gasteiger partial charge in [-0.1, -0.05) is 12.1 Å². The van der Waals surface area contributed by atoms with Crippen molar-refractivity contribution >= 4 is 38.9 Å². The van der Waals surface area contributed by atoms with E-state index in [1.54, 1.807) is 11.3 Å². The quantitative estimate of drug-likeness (QED) is 0.720. The molecule has 1 aromatic carbocycles. The molecule has 92 valence electrons. The van der Waals surface area contributed by atoms with E-state index in [2.05, 4.69) is 27.6 Å². The van der Waals surface area contributed by atoms with Crippen molar-refractivity contribution in [3.05, 3.63) is 45.1 Å². The number of rotatable bonds is 3. The van der Waals surface area contributed by atoms with Crippen LogP contribution >= 0.6 is 33.9 Å². The van der Waals surface area contributed by atoms with Crippen molar-refractivity contribution in [3.63, 3.8) is 0 Å². The number of thiazole rings is 1. The molecule has 0 atom stereocenters. The normalized spacial score (nSPS) is 11.0. The molecule has 0 fully saturated rings. The lowest BCUT2D eigenvalue weighted by atomic mass is 10.3. The third-order valence-electron chi connectivity index (χ3n) is 2.56. The van der Waals surface area contributed by atoms with Crippen LogP contribution in [0.1, 0.15) is 5.69 Å². The molecule has 3 aromatic rings. The number of nitrogens with two attached hydrogens (primary N) is 1. The lowest BCUT2D eigenvalue weighted by Crippen LogP contribution is -2.02. The first-order valence-corrected chi connectivity index (χ1v) is 7.32. The Morgan fingerprint density at radius 3 is 3.00 bits per heavy atom. The number of hydrogen-bond donors (Lipinski definition) is 1. The number of fused-ring (bicyclic) bond motifs is 1. The molecule has 2 heterocycles. The van der Waals surface area contributed by atoms with E-state index in [0.29, 0.717) is 12.4 Å². The largest absolute Gasteiger partial charge is 0.436 e. The fourth-order valence-electron chi connectivity index (χ4n) is 1.71. The van der Waals surface area contributed by atoms with Crippen molar-refractivity contribution < 1.29 is 4.74 Å². The van der Waals surface area contributed by atoms with Crippen LogP contribution in [0.2, 0.25) is 0 Å². The molecule has 0 aliphatic carbocycles. The van der Waals surface area contributed by atoms with Crippen molar-refractivity contribution in [1.29, 1.82) is 0 Å². The molecule has 0 amide bonds. The first-order chi connectivity index (χ1) is 8.79. The van der Waals surface area contributed by atoms with E-state index in [4.69, 9.17) is 10.5 Å². The lowest BCUT2D eigenvalue weighted by molar-refractivity contribution is 0.456. The first kappa shape index (κ1) is 11.9. The summed E-state index contributed by atoms with van der Waals surface area (Å²) in [7, 11) is 0. The summed E-state index contributed by atoms with van der Waals surface area (Å²) in [4.78, 5) is 5.36. The third kappa shape index (κ3) is 2.00. The Kier molecular flexibility index (Phi) is 3.23. The van der Waals surface area contributed by atoms with E-state index in [1.165, 1.54) is 0 Å². The van der Waals surface area contributed by atoms with Crippen LogP contribution in [-0.4, -0.2) is 9.38 Å². The summed E-state index contributed by atoms with van der Waals surface area (Å²) >= 11 is 3.81. The zero-order valence-corrected chi connectivity index (χ0v) is 12.3. The van der Waals surface area contributed by atoms with Crippen molar-refractivity contribution in [1.82, 2.24) is 9.38 Å². The van der Waals surface area contributed by atoms with Gasteiger partial charge in [0, 0.05) is 18.1 Å². The number of nitrogens with zero attached hydrogens (tertiary/aromatic N) is 2. The number of para-hydroxylation sites is 1. The summed E-state index contributed by atoms with van der Waals surface area (Å²) in [5.41, 5.74) is 6.67. The minimum atomic E-state index is 0.399. The molecule has 0 spiro atoms. The zero-order valence-electron chi connectivity index (χ0n) is 9.34. The van der Waals surface area contributed by atoms with Gasteiger partial charge in [-0.2, -0.15) is 4.98 Å². The van der Waals surface area contributed by atoms with Gasteiger partial charge in [-0.3, -0.25) is 4.40 Å². The summed E-state index contributed by atoms with van der Waals surface area (Å²) in [5, 5.41) is 1.98. The molecule has 0 bridgehead atoms. The Balaban J connectivity index is 2.04. The van der Waals surface area contributed by atoms with Gasteiger partial charge >= 0.3 is 0 Å². The minimum Gasteiger partial charge on any atom is -0.436 e. The molecule has 6 heteroatoms. The number of halogens is 1. The molecule has 0 aliphatic rings. The number of hydrogen-bond acceptors (Lipinski definition) is 4. The van der Waals surface area contributed by atoms with Gasteiger partial charge in [-0.25, -0.2) is 0 Å². The Morgan fingerprint density at radius 2 is 2.22 bits per heavy atom. The Morgan fingerprint density at radius 1 is 1.39 bits per heavy atom. The van der Waals surface area contributed by atoms with Gasteiger partial charge in [0.2, 0.25) is 5.88 Å². The van der Waals surface area contributed by atoms with Crippen molar-refractivity contribution in [2.45, 2.75) is 6.54 Å². The fraction of sp³-hybridized carbons (Fsp3) is 0.0833. The number of aromatic nitrogens is 2. The van der Waals surface area contributed by atoms with Crippen LogP contribution in [0.15, 0.2) is 35.8 Å². The second-order valence-corrected chi connectivity index (χ2v) is 5.69. The fourth-order valence-corrected chi connectivity index (χ4v) is 2.93. The highest BCUT2D eigenvalue weighted by Crippen LogP contribution is 2.30. The van der Waals surface area contributed by atoms with Crippen molar-refractivity contribution in [3.8, 4) is 11.6 Å². The molecule has 0 aliphatic heterocycles. The van der Waals surface area contributed by atoms with Crippen LogP contribution in [0.25, 0.3) is 4.96 Å². The number of ether oxygens (including phenoxy) is 1. The molecule has 4 nitrogen and oxygen atoms in total. The molecule has 18 heavy (non-hydrogen) atoms. The van der Waals surface area contributed by atoms with Gasteiger partial charge in [0.15, 0.2) is 4.96 Å². The van der Waals surface area contributed by atoms with Gasteiger partial charge in [0.1, 0.15) is 11.4 Å². The van der Waals surface area contributed by atoms with Crippen LogP contribution in [0, 0.1) is 3.57 Å². The highest BCUT2D eigenvalue weighted by atomic mass is 127. The first-order valence-electron chi connectivity index (χ1n) is 5.36. The smallest absolute Gasteiger partial charge is 0.243 e. The van der Waals surface area contributed by atoms with Gasteiger partial charge in [-0.05, 0) is 34.7 Å². The van der Waals surface area contributed by atoms with Gasteiger partial charge in [0.25, 0.3) is 0 Å². The predicted octanol–water partition coefficient (Wildman–Crippen LogP) is 3.25. The molecule has 3 rings (SSSR count). The van der Waals surface area contributed by atoms with Crippen LogP contribution < -0.4 is 10.5 Å². The van der Waals surface area contributed by atoms with Crippen molar-refractivity contribution in [2.75, 3.05) is 0 Å². The van der Waals surface area contributed by atoms with Gasteiger partial charge < -0.3 is 10.5 Å². The minimum absolute atomic E-state index is 0.399. The summed E-state index contributed by atoms with van der Waals surface area (Å²) in [5.74, 6) is 1.40. The van der Waals surface area contributed by atoms with Gasteiger partial charge in [-0.15, -0.1) is 11.3 Å². The Hall–Kier alpha value is -1.12. The van der Waals surface area contributed by atoms with Crippen LogP contribution in [0.4, 0.5) is 0 Å². The average molecular weight is 371 g/mol. The molecular formula is C12H10IN3OS. The van der Waals surface area contributed by atoms with E-state index < -0.39 is 0 Å². The Labute approximate surface area is 122 Å². The second kappa shape index (κ2) is 4.87. The van der Waals surface area contributed by atoms with Gasteiger partial charge in [0.05, 0.1) is 3.57 Å². The SMILES string of the molecule is NCc1c(Oc2ccccc2I)nc2sccn12. The molecule has 0 saturated heterocycles. The number of benzene rings is 1.